The Kier molecular flexibility index (Phi) is 1.98. The maximum atomic E-state index is 5.49. The zero-order valence-electron chi connectivity index (χ0n) is 7.57. The van der Waals surface area contributed by atoms with Gasteiger partial charge >= 0.3 is 0 Å². The fourth-order valence-electron chi connectivity index (χ4n) is 1.45. The smallest absolute Gasteiger partial charge is 0.159 e. The number of rotatable bonds is 2. The normalized spacial score (nSPS) is 10.9. The molecule has 0 fully saturated rings. The fourth-order valence-corrected chi connectivity index (χ4v) is 1.45. The summed E-state index contributed by atoms with van der Waals surface area (Å²) in [6.07, 6.45) is 4.53. The molecule has 2 N–H and O–H groups in total. The van der Waals surface area contributed by atoms with Gasteiger partial charge in [0.05, 0.1) is 5.69 Å². The van der Waals surface area contributed by atoms with E-state index >= 15 is 0 Å². The van der Waals surface area contributed by atoms with Crippen molar-refractivity contribution in [2.75, 3.05) is 6.54 Å². The second-order valence-electron chi connectivity index (χ2n) is 2.97. The second kappa shape index (κ2) is 3.14. The Bertz CT molecular complexity index is 418. The van der Waals surface area contributed by atoms with E-state index in [9.17, 15) is 0 Å². The summed E-state index contributed by atoms with van der Waals surface area (Å²) < 4.78 is 1.99. The van der Waals surface area contributed by atoms with E-state index in [1.54, 1.807) is 6.20 Å². The number of aryl methyl sites for hydroxylation is 1. The summed E-state index contributed by atoms with van der Waals surface area (Å²) >= 11 is 0. The standard InChI is InChI=1S/C9H12N4/c1-7-9-11-5-2-6-13(9)8(12-7)3-4-10/h2,5-6H,3-4,10H2,1H3. The molecule has 0 saturated carbocycles. The van der Waals surface area contributed by atoms with E-state index in [1.807, 2.05) is 23.6 Å². The summed E-state index contributed by atoms with van der Waals surface area (Å²) in [6.45, 7) is 2.58. The van der Waals surface area contributed by atoms with E-state index < -0.39 is 0 Å². The zero-order chi connectivity index (χ0) is 9.26. The molecule has 0 aliphatic heterocycles. The summed E-state index contributed by atoms with van der Waals surface area (Å²) in [5.41, 5.74) is 7.37. The average Bonchev–Trinajstić information content (AvgIpc) is 2.46. The highest BCUT2D eigenvalue weighted by atomic mass is 15.1. The molecular weight excluding hydrogens is 164 g/mol. The number of hydrogen-bond donors (Lipinski definition) is 1. The van der Waals surface area contributed by atoms with Gasteiger partial charge in [0.25, 0.3) is 0 Å². The van der Waals surface area contributed by atoms with Crippen LogP contribution in [0.2, 0.25) is 0 Å². The Balaban J connectivity index is 2.63. The van der Waals surface area contributed by atoms with Gasteiger partial charge in [0.15, 0.2) is 5.65 Å². The van der Waals surface area contributed by atoms with E-state index in [4.69, 9.17) is 5.73 Å². The van der Waals surface area contributed by atoms with E-state index in [0.29, 0.717) is 6.54 Å². The van der Waals surface area contributed by atoms with E-state index in [0.717, 1.165) is 23.6 Å². The second-order valence-corrected chi connectivity index (χ2v) is 2.97. The molecule has 0 aliphatic carbocycles. The number of nitrogens with two attached hydrogens (primary N) is 1. The summed E-state index contributed by atoms with van der Waals surface area (Å²) in [6, 6.07) is 1.90. The van der Waals surface area contributed by atoms with Crippen LogP contribution in [0.5, 0.6) is 0 Å². The molecule has 0 aliphatic rings. The van der Waals surface area contributed by atoms with Crippen molar-refractivity contribution in [3.8, 4) is 0 Å². The third-order valence-electron chi connectivity index (χ3n) is 2.01. The van der Waals surface area contributed by atoms with Crippen LogP contribution < -0.4 is 5.73 Å². The molecule has 4 nitrogen and oxygen atoms in total. The van der Waals surface area contributed by atoms with Crippen molar-refractivity contribution in [3.63, 3.8) is 0 Å². The Morgan fingerprint density at radius 3 is 3.15 bits per heavy atom. The Labute approximate surface area is 76.4 Å². The van der Waals surface area contributed by atoms with Gasteiger partial charge in [-0.15, -0.1) is 0 Å². The highest BCUT2D eigenvalue weighted by molar-refractivity contribution is 5.44. The van der Waals surface area contributed by atoms with Crippen molar-refractivity contribution >= 4 is 5.65 Å². The monoisotopic (exact) mass is 176 g/mol. The lowest BCUT2D eigenvalue weighted by Crippen LogP contribution is -2.06. The summed E-state index contributed by atoms with van der Waals surface area (Å²) in [4.78, 5) is 8.64. The van der Waals surface area contributed by atoms with Crippen molar-refractivity contribution in [3.05, 3.63) is 30.0 Å². The maximum Gasteiger partial charge on any atom is 0.159 e. The molecular formula is C9H12N4. The first kappa shape index (κ1) is 8.19. The van der Waals surface area contributed by atoms with Crippen LogP contribution in [0.25, 0.3) is 5.65 Å². The van der Waals surface area contributed by atoms with Gasteiger partial charge in [0.2, 0.25) is 0 Å². The minimum Gasteiger partial charge on any atom is -0.330 e. The van der Waals surface area contributed by atoms with E-state index in [-0.39, 0.29) is 0 Å². The maximum absolute atomic E-state index is 5.49. The van der Waals surface area contributed by atoms with Gasteiger partial charge < -0.3 is 5.73 Å². The molecule has 0 spiro atoms. The SMILES string of the molecule is Cc1nc(CCN)n2cccnc12. The van der Waals surface area contributed by atoms with Crippen LogP contribution in [0, 0.1) is 6.92 Å². The molecule has 13 heavy (non-hydrogen) atoms. The third kappa shape index (κ3) is 1.29. The van der Waals surface area contributed by atoms with Crippen molar-refractivity contribution < 1.29 is 0 Å². The third-order valence-corrected chi connectivity index (χ3v) is 2.01. The molecule has 0 aromatic carbocycles. The van der Waals surface area contributed by atoms with Crippen molar-refractivity contribution in [1.82, 2.24) is 14.4 Å². The molecule has 0 radical (unpaired) electrons. The number of nitrogens with zero attached hydrogens (tertiary/aromatic N) is 3. The van der Waals surface area contributed by atoms with Gasteiger partial charge in [-0.3, -0.25) is 4.40 Å². The number of imidazole rings is 1. The van der Waals surface area contributed by atoms with Crippen molar-refractivity contribution in [2.24, 2.45) is 5.73 Å². The van der Waals surface area contributed by atoms with Crippen molar-refractivity contribution in [1.29, 1.82) is 0 Å². The molecule has 2 rings (SSSR count). The fraction of sp³-hybridized carbons (Fsp3) is 0.333. The predicted octanol–water partition coefficient (Wildman–Crippen LogP) is 0.539. The van der Waals surface area contributed by atoms with Crippen LogP contribution in [0.4, 0.5) is 0 Å². The van der Waals surface area contributed by atoms with E-state index in [2.05, 4.69) is 9.97 Å². The lowest BCUT2D eigenvalue weighted by molar-refractivity contribution is 0.857. The molecule has 4 heteroatoms. The van der Waals surface area contributed by atoms with Crippen LogP contribution in [0.1, 0.15) is 11.5 Å². The van der Waals surface area contributed by atoms with Gasteiger partial charge in [-0.1, -0.05) is 0 Å². The van der Waals surface area contributed by atoms with E-state index in [1.165, 1.54) is 0 Å². The molecule has 0 saturated heterocycles. The first-order chi connectivity index (χ1) is 6.33. The van der Waals surface area contributed by atoms with Gasteiger partial charge in [-0.2, -0.15) is 0 Å². The van der Waals surface area contributed by atoms with Crippen LogP contribution in [0.15, 0.2) is 18.5 Å². The zero-order valence-corrected chi connectivity index (χ0v) is 7.57. The first-order valence-electron chi connectivity index (χ1n) is 4.31. The van der Waals surface area contributed by atoms with Crippen LogP contribution in [-0.4, -0.2) is 20.9 Å². The first-order valence-corrected chi connectivity index (χ1v) is 4.31. The Hall–Kier alpha value is -1.42. The molecule has 2 aromatic heterocycles. The largest absolute Gasteiger partial charge is 0.330 e. The number of fused-ring (bicyclic) bond motifs is 1. The highest BCUT2D eigenvalue weighted by Crippen LogP contribution is 2.08. The lowest BCUT2D eigenvalue weighted by Gasteiger charge is -1.96. The molecule has 68 valence electrons. The quantitative estimate of drug-likeness (QED) is 0.726. The number of hydrogen-bond acceptors (Lipinski definition) is 3. The van der Waals surface area contributed by atoms with Gasteiger partial charge in [0.1, 0.15) is 5.82 Å². The molecule has 0 amide bonds. The van der Waals surface area contributed by atoms with Crippen molar-refractivity contribution in [2.45, 2.75) is 13.3 Å². The summed E-state index contributed by atoms with van der Waals surface area (Å²) in [5, 5.41) is 0. The minimum atomic E-state index is 0.618. The minimum absolute atomic E-state index is 0.618. The molecule has 0 unspecified atom stereocenters. The molecule has 2 heterocycles. The molecule has 0 atom stereocenters. The van der Waals surface area contributed by atoms with Gasteiger partial charge in [-0.05, 0) is 19.5 Å². The molecule has 0 bridgehead atoms. The van der Waals surface area contributed by atoms with Gasteiger partial charge in [-0.25, -0.2) is 9.97 Å². The highest BCUT2D eigenvalue weighted by Gasteiger charge is 2.06. The average molecular weight is 176 g/mol. The summed E-state index contributed by atoms with van der Waals surface area (Å²) in [5.74, 6) is 0.989. The van der Waals surface area contributed by atoms with Crippen LogP contribution in [0.3, 0.4) is 0 Å². The van der Waals surface area contributed by atoms with Crippen LogP contribution in [-0.2, 0) is 6.42 Å². The predicted molar refractivity (Wildman–Crippen MR) is 50.5 cm³/mol. The van der Waals surface area contributed by atoms with Crippen LogP contribution >= 0.6 is 0 Å². The van der Waals surface area contributed by atoms with Gasteiger partial charge in [0, 0.05) is 18.8 Å². The Morgan fingerprint density at radius 1 is 1.54 bits per heavy atom. The summed E-state index contributed by atoms with van der Waals surface area (Å²) in [7, 11) is 0. The lowest BCUT2D eigenvalue weighted by atomic mass is 10.4. The molecule has 2 aromatic rings. The Morgan fingerprint density at radius 2 is 2.38 bits per heavy atom. The number of aromatic nitrogens is 3. The topological polar surface area (TPSA) is 56.2 Å².